The van der Waals surface area contributed by atoms with Crippen molar-refractivity contribution < 1.29 is 19.1 Å². The average molecular weight is 370 g/mol. The van der Waals surface area contributed by atoms with Crippen LogP contribution in [0.5, 0.6) is 11.5 Å². The first-order valence-corrected chi connectivity index (χ1v) is 9.41. The van der Waals surface area contributed by atoms with Crippen LogP contribution >= 0.6 is 11.8 Å². The number of carbonyl (C=O) groups is 2. The molecule has 2 aliphatic heterocycles. The van der Waals surface area contributed by atoms with E-state index in [9.17, 15) is 9.59 Å². The van der Waals surface area contributed by atoms with E-state index in [2.05, 4.69) is 5.32 Å². The zero-order valence-electron chi connectivity index (χ0n) is 14.1. The van der Waals surface area contributed by atoms with Gasteiger partial charge in [0.25, 0.3) is 0 Å². The summed E-state index contributed by atoms with van der Waals surface area (Å²) in [5, 5.41) is 2.85. The van der Waals surface area contributed by atoms with Crippen molar-refractivity contribution >= 4 is 35.0 Å². The monoisotopic (exact) mass is 370 g/mol. The first-order chi connectivity index (χ1) is 12.7. The molecule has 0 bridgehead atoms. The lowest BCUT2D eigenvalue weighted by Crippen LogP contribution is -2.37. The largest absolute Gasteiger partial charge is 0.486 e. The van der Waals surface area contributed by atoms with E-state index in [-0.39, 0.29) is 18.2 Å². The van der Waals surface area contributed by atoms with Crippen LogP contribution in [0.1, 0.15) is 6.42 Å². The Bertz CT molecular complexity index is 855. The van der Waals surface area contributed by atoms with Crippen LogP contribution in [0.2, 0.25) is 0 Å². The van der Waals surface area contributed by atoms with Gasteiger partial charge < -0.3 is 19.7 Å². The zero-order valence-corrected chi connectivity index (χ0v) is 14.9. The van der Waals surface area contributed by atoms with Crippen LogP contribution in [0, 0.1) is 0 Å². The fourth-order valence-electron chi connectivity index (χ4n) is 2.96. The third kappa shape index (κ3) is 3.48. The van der Waals surface area contributed by atoms with Crippen molar-refractivity contribution in [2.75, 3.05) is 35.7 Å². The minimum atomic E-state index is -0.148. The van der Waals surface area contributed by atoms with Gasteiger partial charge in [0.1, 0.15) is 13.2 Å². The highest BCUT2D eigenvalue weighted by Gasteiger charge is 2.24. The number of amides is 2. The number of nitrogens with one attached hydrogen (secondary N) is 1. The van der Waals surface area contributed by atoms with E-state index in [0.717, 1.165) is 10.6 Å². The lowest BCUT2D eigenvalue weighted by molar-refractivity contribution is -0.117. The molecule has 2 heterocycles. The molecule has 0 unspecified atom stereocenters. The van der Waals surface area contributed by atoms with Gasteiger partial charge in [0, 0.05) is 29.6 Å². The number of carbonyl (C=O) groups excluding carboxylic acids is 2. The molecule has 1 N–H and O–H groups in total. The molecule has 0 aliphatic carbocycles. The minimum absolute atomic E-state index is 0.0285. The second-order valence-corrected chi connectivity index (χ2v) is 6.98. The molecule has 2 amide bonds. The topological polar surface area (TPSA) is 67.9 Å². The fraction of sp³-hybridized carbons (Fsp3) is 0.263. The van der Waals surface area contributed by atoms with Gasteiger partial charge >= 0.3 is 0 Å². The van der Waals surface area contributed by atoms with Crippen LogP contribution in [0.15, 0.2) is 47.4 Å². The standard InChI is InChI=1S/C19H18N2O4S/c22-18(20-13-5-6-15-16(11-13)25-10-9-24-15)7-8-21-14-3-1-2-4-17(14)26-12-19(21)23/h1-6,11H,7-10,12H2,(H,20,22). The molecule has 4 rings (SSSR count). The van der Waals surface area contributed by atoms with Crippen LogP contribution < -0.4 is 19.7 Å². The smallest absolute Gasteiger partial charge is 0.237 e. The predicted octanol–water partition coefficient (Wildman–Crippen LogP) is 2.93. The Morgan fingerprint density at radius 1 is 1.12 bits per heavy atom. The highest BCUT2D eigenvalue weighted by atomic mass is 32.2. The molecule has 2 aromatic carbocycles. The van der Waals surface area contributed by atoms with Gasteiger partial charge in [0.2, 0.25) is 11.8 Å². The van der Waals surface area contributed by atoms with Crippen LogP contribution in [-0.4, -0.2) is 37.3 Å². The van der Waals surface area contributed by atoms with Crippen molar-refractivity contribution in [3.05, 3.63) is 42.5 Å². The molecule has 26 heavy (non-hydrogen) atoms. The molecule has 2 aromatic rings. The number of anilines is 2. The van der Waals surface area contributed by atoms with Gasteiger partial charge in [-0.3, -0.25) is 9.59 Å². The van der Waals surface area contributed by atoms with Gasteiger partial charge in [0.05, 0.1) is 11.4 Å². The van der Waals surface area contributed by atoms with E-state index in [1.165, 1.54) is 11.8 Å². The SMILES string of the molecule is O=C(CCN1C(=O)CSc2ccccc21)Nc1ccc2c(c1)OCCO2. The predicted molar refractivity (Wildman–Crippen MR) is 100 cm³/mol. The van der Waals surface area contributed by atoms with Crippen LogP contribution in [0.4, 0.5) is 11.4 Å². The third-order valence-corrected chi connectivity index (χ3v) is 5.24. The first-order valence-electron chi connectivity index (χ1n) is 8.42. The maximum atomic E-state index is 12.3. The highest BCUT2D eigenvalue weighted by Crippen LogP contribution is 2.35. The number of benzene rings is 2. The normalized spacial score (nSPS) is 15.4. The van der Waals surface area contributed by atoms with E-state index in [1.807, 2.05) is 24.3 Å². The van der Waals surface area contributed by atoms with E-state index in [0.29, 0.717) is 42.7 Å². The Morgan fingerprint density at radius 2 is 1.92 bits per heavy atom. The Balaban J connectivity index is 1.39. The fourth-order valence-corrected chi connectivity index (χ4v) is 3.89. The van der Waals surface area contributed by atoms with Gasteiger partial charge in [-0.2, -0.15) is 0 Å². The molecule has 2 aliphatic rings. The Labute approximate surface area is 155 Å². The molecule has 0 spiro atoms. The number of ether oxygens (including phenoxy) is 2. The van der Waals surface area contributed by atoms with Crippen molar-refractivity contribution in [3.63, 3.8) is 0 Å². The molecule has 134 valence electrons. The molecule has 7 heteroatoms. The highest BCUT2D eigenvalue weighted by molar-refractivity contribution is 8.00. The van der Waals surface area contributed by atoms with Crippen molar-refractivity contribution in [2.45, 2.75) is 11.3 Å². The first kappa shape index (κ1) is 16.8. The second kappa shape index (κ2) is 7.29. The van der Waals surface area contributed by atoms with Crippen LogP contribution in [0.3, 0.4) is 0 Å². The van der Waals surface area contributed by atoms with Gasteiger partial charge in [-0.25, -0.2) is 0 Å². The second-order valence-electron chi connectivity index (χ2n) is 5.96. The Hall–Kier alpha value is -2.67. The molecular formula is C19H18N2O4S. The number of nitrogens with zero attached hydrogens (tertiary/aromatic N) is 1. The van der Waals surface area contributed by atoms with Gasteiger partial charge in [-0.1, -0.05) is 12.1 Å². The maximum absolute atomic E-state index is 12.3. The van der Waals surface area contributed by atoms with Crippen molar-refractivity contribution in [1.82, 2.24) is 0 Å². The molecule has 6 nitrogen and oxygen atoms in total. The van der Waals surface area contributed by atoms with Crippen molar-refractivity contribution in [2.24, 2.45) is 0 Å². The summed E-state index contributed by atoms with van der Waals surface area (Å²) in [6, 6.07) is 13.1. The number of rotatable bonds is 4. The third-order valence-electron chi connectivity index (χ3n) is 4.20. The molecule has 0 saturated carbocycles. The lowest BCUT2D eigenvalue weighted by atomic mass is 10.2. The van der Waals surface area contributed by atoms with Crippen molar-refractivity contribution in [3.8, 4) is 11.5 Å². The van der Waals surface area contributed by atoms with Gasteiger partial charge in [-0.15, -0.1) is 11.8 Å². The molecular weight excluding hydrogens is 352 g/mol. The van der Waals surface area contributed by atoms with Crippen LogP contribution in [0.25, 0.3) is 0 Å². The summed E-state index contributed by atoms with van der Waals surface area (Å²) in [5.41, 5.74) is 1.53. The summed E-state index contributed by atoms with van der Waals surface area (Å²) >= 11 is 1.53. The molecule has 0 aromatic heterocycles. The summed E-state index contributed by atoms with van der Waals surface area (Å²) in [5.74, 6) is 1.60. The summed E-state index contributed by atoms with van der Waals surface area (Å²) in [6.45, 7) is 1.38. The van der Waals surface area contributed by atoms with E-state index >= 15 is 0 Å². The van der Waals surface area contributed by atoms with E-state index in [4.69, 9.17) is 9.47 Å². The van der Waals surface area contributed by atoms with E-state index < -0.39 is 0 Å². The van der Waals surface area contributed by atoms with Gasteiger partial charge in [-0.05, 0) is 24.3 Å². The molecule has 0 fully saturated rings. The van der Waals surface area contributed by atoms with Gasteiger partial charge in [0.15, 0.2) is 11.5 Å². The minimum Gasteiger partial charge on any atom is -0.486 e. The molecule has 0 atom stereocenters. The average Bonchev–Trinajstić information content (AvgIpc) is 2.67. The summed E-state index contributed by atoms with van der Waals surface area (Å²) in [6.07, 6.45) is 0.221. The quantitative estimate of drug-likeness (QED) is 0.896. The zero-order chi connectivity index (χ0) is 17.9. The van der Waals surface area contributed by atoms with Crippen LogP contribution in [-0.2, 0) is 9.59 Å². The number of hydrogen-bond donors (Lipinski definition) is 1. The number of thioether (sulfide) groups is 1. The summed E-state index contributed by atoms with van der Waals surface area (Å²) < 4.78 is 11.0. The number of hydrogen-bond acceptors (Lipinski definition) is 5. The Morgan fingerprint density at radius 3 is 2.81 bits per heavy atom. The van der Waals surface area contributed by atoms with E-state index in [1.54, 1.807) is 23.1 Å². The maximum Gasteiger partial charge on any atom is 0.237 e. The number of fused-ring (bicyclic) bond motifs is 2. The summed E-state index contributed by atoms with van der Waals surface area (Å²) in [7, 11) is 0. The number of para-hydroxylation sites is 1. The lowest BCUT2D eigenvalue weighted by Gasteiger charge is -2.28. The Kier molecular flexibility index (Phi) is 4.71. The molecule has 0 saturated heterocycles. The molecule has 0 radical (unpaired) electrons. The van der Waals surface area contributed by atoms with Crippen molar-refractivity contribution in [1.29, 1.82) is 0 Å². The summed E-state index contributed by atoms with van der Waals surface area (Å²) in [4.78, 5) is 27.3.